The second kappa shape index (κ2) is 14.9. The van der Waals surface area contributed by atoms with Crippen molar-refractivity contribution >= 4 is 52.1 Å². The number of halogens is 4. The Labute approximate surface area is 268 Å². The van der Waals surface area contributed by atoms with Gasteiger partial charge in [0, 0.05) is 29.2 Å². The van der Waals surface area contributed by atoms with Crippen molar-refractivity contribution in [1.82, 2.24) is 14.9 Å². The van der Waals surface area contributed by atoms with Gasteiger partial charge in [-0.05, 0) is 86.6 Å². The van der Waals surface area contributed by atoms with E-state index in [2.05, 4.69) is 36.1 Å². The zero-order valence-electron chi connectivity index (χ0n) is 24.5. The molecule has 1 fully saturated rings. The van der Waals surface area contributed by atoms with Crippen molar-refractivity contribution in [1.29, 1.82) is 0 Å². The summed E-state index contributed by atoms with van der Waals surface area (Å²) in [6.45, 7) is 3.69. The van der Waals surface area contributed by atoms with Gasteiger partial charge in [-0.25, -0.2) is 14.8 Å². The molecule has 1 aromatic heterocycles. The van der Waals surface area contributed by atoms with Crippen LogP contribution in [0, 0.1) is 0 Å². The summed E-state index contributed by atoms with van der Waals surface area (Å²) in [6, 6.07) is 15.2. The van der Waals surface area contributed by atoms with Crippen LogP contribution in [0.25, 0.3) is 0 Å². The predicted octanol–water partition coefficient (Wildman–Crippen LogP) is 7.31. The highest BCUT2D eigenvalue weighted by Crippen LogP contribution is 2.31. The summed E-state index contributed by atoms with van der Waals surface area (Å²) in [6.07, 6.45) is 1.01. The Kier molecular flexibility index (Phi) is 10.6. The van der Waals surface area contributed by atoms with Gasteiger partial charge in [0.25, 0.3) is 0 Å². The van der Waals surface area contributed by atoms with Crippen molar-refractivity contribution in [3.8, 4) is 5.75 Å². The van der Waals surface area contributed by atoms with E-state index in [9.17, 15) is 22.8 Å². The van der Waals surface area contributed by atoms with Crippen LogP contribution in [0.4, 0.5) is 46.7 Å². The number of carbonyl (C=O) groups is 2. The van der Waals surface area contributed by atoms with Crippen LogP contribution in [0.5, 0.6) is 5.75 Å². The summed E-state index contributed by atoms with van der Waals surface area (Å²) in [4.78, 5) is 36.3. The Bertz CT molecular complexity index is 1650. The SMILES string of the molecule is O=C(Nc1cccc(C(F)(F)F)c1)Nc1ccc(Cl)c(C(=O)CNc2cnc(Nc3ccc(OCCN4CCCC4)cc3)nc2)c1. The van der Waals surface area contributed by atoms with Gasteiger partial charge in [-0.3, -0.25) is 9.69 Å². The monoisotopic (exact) mass is 653 g/mol. The number of nitrogens with zero attached hydrogens (tertiary/aromatic N) is 3. The molecule has 0 radical (unpaired) electrons. The van der Waals surface area contributed by atoms with Gasteiger partial charge in [0.2, 0.25) is 5.95 Å². The summed E-state index contributed by atoms with van der Waals surface area (Å²) in [5, 5.41) is 11.1. The molecule has 1 saturated heterocycles. The van der Waals surface area contributed by atoms with Gasteiger partial charge in [-0.2, -0.15) is 13.2 Å². The van der Waals surface area contributed by atoms with Crippen LogP contribution in [-0.2, 0) is 6.18 Å². The molecule has 1 aliphatic heterocycles. The number of likely N-dealkylation sites (tertiary alicyclic amines) is 1. The number of ether oxygens (including phenoxy) is 1. The Morgan fingerprint density at radius 3 is 2.24 bits per heavy atom. The molecule has 0 atom stereocenters. The molecule has 2 amide bonds. The molecule has 0 saturated carbocycles. The molecule has 0 unspecified atom stereocenters. The number of ketones is 1. The minimum atomic E-state index is -4.55. The Balaban J connectivity index is 1.09. The van der Waals surface area contributed by atoms with E-state index in [0.717, 1.165) is 43.2 Å². The number of anilines is 5. The molecule has 14 heteroatoms. The largest absolute Gasteiger partial charge is 0.492 e. The number of Topliss-reactive ketones (excluding diaryl/α,β-unsaturated/α-hetero) is 1. The first-order chi connectivity index (χ1) is 22.1. The molecule has 240 valence electrons. The molecule has 0 spiro atoms. The highest BCUT2D eigenvalue weighted by atomic mass is 35.5. The van der Waals surface area contributed by atoms with Crippen LogP contribution >= 0.6 is 11.6 Å². The summed E-state index contributed by atoms with van der Waals surface area (Å²) in [5.41, 5.74) is 0.691. The van der Waals surface area contributed by atoms with Gasteiger partial charge in [-0.15, -0.1) is 0 Å². The van der Waals surface area contributed by atoms with Crippen LogP contribution < -0.4 is 26.0 Å². The van der Waals surface area contributed by atoms with Crippen molar-refractivity contribution < 1.29 is 27.5 Å². The predicted molar refractivity (Wildman–Crippen MR) is 171 cm³/mol. The van der Waals surface area contributed by atoms with E-state index in [1.807, 2.05) is 24.3 Å². The Hall–Kier alpha value is -4.88. The number of nitrogens with one attached hydrogen (secondary N) is 4. The summed E-state index contributed by atoms with van der Waals surface area (Å²) >= 11 is 6.23. The normalized spacial score (nSPS) is 13.2. The van der Waals surface area contributed by atoms with Crippen molar-refractivity contribution in [2.45, 2.75) is 19.0 Å². The lowest BCUT2D eigenvalue weighted by Gasteiger charge is -2.15. The lowest BCUT2D eigenvalue weighted by molar-refractivity contribution is -0.137. The van der Waals surface area contributed by atoms with E-state index in [4.69, 9.17) is 16.3 Å². The number of alkyl halides is 3. The molecule has 5 rings (SSSR count). The number of rotatable bonds is 12. The van der Waals surface area contributed by atoms with E-state index < -0.39 is 17.8 Å². The highest BCUT2D eigenvalue weighted by Gasteiger charge is 2.30. The van der Waals surface area contributed by atoms with E-state index >= 15 is 0 Å². The quantitative estimate of drug-likeness (QED) is 0.118. The number of aromatic nitrogens is 2. The average molecular weight is 654 g/mol. The second-order valence-corrected chi connectivity index (χ2v) is 10.9. The lowest BCUT2D eigenvalue weighted by atomic mass is 10.1. The first kappa shape index (κ1) is 32.5. The number of urea groups is 1. The van der Waals surface area contributed by atoms with E-state index in [1.165, 1.54) is 55.6 Å². The third-order valence-electron chi connectivity index (χ3n) is 7.06. The fourth-order valence-electron chi connectivity index (χ4n) is 4.71. The van der Waals surface area contributed by atoms with E-state index in [-0.39, 0.29) is 34.3 Å². The number of carbonyl (C=O) groups excluding carboxylic acids is 2. The van der Waals surface area contributed by atoms with E-state index in [1.54, 1.807) is 0 Å². The molecule has 3 aromatic carbocycles. The molecule has 2 heterocycles. The fourth-order valence-corrected chi connectivity index (χ4v) is 4.93. The molecular formula is C32H31ClF3N7O3. The van der Waals surface area contributed by atoms with Crippen molar-refractivity contribution in [2.75, 3.05) is 54.1 Å². The summed E-state index contributed by atoms with van der Waals surface area (Å²) in [5.74, 6) is 0.774. The summed E-state index contributed by atoms with van der Waals surface area (Å²) < 4.78 is 44.7. The zero-order chi connectivity index (χ0) is 32.5. The molecule has 1 aliphatic rings. The van der Waals surface area contributed by atoms with Gasteiger partial charge in [-0.1, -0.05) is 17.7 Å². The minimum Gasteiger partial charge on any atom is -0.492 e. The first-order valence-electron chi connectivity index (χ1n) is 14.5. The molecule has 46 heavy (non-hydrogen) atoms. The average Bonchev–Trinajstić information content (AvgIpc) is 3.56. The van der Waals surface area contributed by atoms with E-state index in [0.29, 0.717) is 18.2 Å². The molecule has 4 aromatic rings. The van der Waals surface area contributed by atoms with Crippen LogP contribution in [0.15, 0.2) is 79.1 Å². The number of hydrogen-bond acceptors (Lipinski definition) is 8. The second-order valence-electron chi connectivity index (χ2n) is 10.5. The molecule has 0 bridgehead atoms. The van der Waals surface area contributed by atoms with Crippen LogP contribution in [0.3, 0.4) is 0 Å². The third-order valence-corrected chi connectivity index (χ3v) is 7.39. The van der Waals surface area contributed by atoms with Crippen LogP contribution in [-0.4, -0.2) is 59.5 Å². The molecule has 0 aliphatic carbocycles. The standard InChI is InChI=1S/C32H31ClF3N7O3/c33-28-11-8-24(42-31(45)41-23-5-3-4-21(16-23)32(34,35)36)17-27(28)29(44)20-37-25-18-38-30(39-19-25)40-22-6-9-26(10-7-22)46-15-14-43-12-1-2-13-43/h3-11,16-19,37H,1-2,12-15,20H2,(H,38,39,40)(H2,41,42,45). The Morgan fingerprint density at radius 1 is 0.870 bits per heavy atom. The lowest BCUT2D eigenvalue weighted by Crippen LogP contribution is -2.25. The van der Waals surface area contributed by atoms with Crippen molar-refractivity contribution in [3.63, 3.8) is 0 Å². The molecule has 10 nitrogen and oxygen atoms in total. The van der Waals surface area contributed by atoms with Gasteiger partial charge < -0.3 is 26.0 Å². The minimum absolute atomic E-state index is 0.0451. The molecular weight excluding hydrogens is 623 g/mol. The molecule has 4 N–H and O–H groups in total. The smallest absolute Gasteiger partial charge is 0.416 e. The Morgan fingerprint density at radius 2 is 1.54 bits per heavy atom. The maximum absolute atomic E-state index is 13.0. The van der Waals surface area contributed by atoms with Crippen LogP contribution in [0.1, 0.15) is 28.8 Å². The van der Waals surface area contributed by atoms with Gasteiger partial charge in [0.05, 0.1) is 35.2 Å². The number of hydrogen-bond donors (Lipinski definition) is 4. The van der Waals surface area contributed by atoms with Gasteiger partial charge >= 0.3 is 12.2 Å². The van der Waals surface area contributed by atoms with Crippen molar-refractivity contribution in [3.05, 3.63) is 95.3 Å². The topological polar surface area (TPSA) is 121 Å². The van der Waals surface area contributed by atoms with Crippen molar-refractivity contribution in [2.24, 2.45) is 0 Å². The highest BCUT2D eigenvalue weighted by molar-refractivity contribution is 6.34. The van der Waals surface area contributed by atoms with Crippen LogP contribution in [0.2, 0.25) is 5.02 Å². The first-order valence-corrected chi connectivity index (χ1v) is 14.9. The number of benzene rings is 3. The maximum Gasteiger partial charge on any atom is 0.416 e. The van der Waals surface area contributed by atoms with Gasteiger partial charge in [0.1, 0.15) is 12.4 Å². The van der Waals surface area contributed by atoms with Gasteiger partial charge in [0.15, 0.2) is 5.78 Å². The maximum atomic E-state index is 13.0. The zero-order valence-corrected chi connectivity index (χ0v) is 25.3. The number of amides is 2. The summed E-state index contributed by atoms with van der Waals surface area (Å²) in [7, 11) is 0. The third kappa shape index (κ3) is 9.31. The fraction of sp³-hybridized carbons (Fsp3) is 0.250.